The summed E-state index contributed by atoms with van der Waals surface area (Å²) in [5.74, 6) is 1.72. The molecule has 0 bridgehead atoms. The molecule has 1 aliphatic carbocycles. The van der Waals surface area contributed by atoms with Gasteiger partial charge in [0, 0.05) is 19.1 Å². The Morgan fingerprint density at radius 3 is 2.67 bits per heavy atom. The van der Waals surface area contributed by atoms with E-state index in [1.807, 2.05) is 36.9 Å². The van der Waals surface area contributed by atoms with E-state index in [1.54, 1.807) is 0 Å². The van der Waals surface area contributed by atoms with Crippen molar-refractivity contribution in [3.8, 4) is 5.75 Å². The number of piperidine rings is 1. The third kappa shape index (κ3) is 4.73. The highest BCUT2D eigenvalue weighted by molar-refractivity contribution is 9.10. The van der Waals surface area contributed by atoms with Gasteiger partial charge in [-0.15, -0.1) is 0 Å². The third-order valence-electron chi connectivity index (χ3n) is 4.94. The van der Waals surface area contributed by atoms with Crippen molar-refractivity contribution >= 4 is 21.8 Å². The van der Waals surface area contributed by atoms with Gasteiger partial charge in [0.15, 0.2) is 6.10 Å². The second kappa shape index (κ2) is 7.87. The molecule has 0 aromatic heterocycles. The number of rotatable bonds is 6. The first kappa shape index (κ1) is 17.7. The van der Waals surface area contributed by atoms with Gasteiger partial charge in [-0.1, -0.05) is 6.07 Å². The van der Waals surface area contributed by atoms with E-state index in [-0.39, 0.29) is 5.91 Å². The largest absolute Gasteiger partial charge is 0.480 e. The molecule has 0 radical (unpaired) electrons. The third-order valence-corrected chi connectivity index (χ3v) is 5.56. The molecule has 1 unspecified atom stereocenters. The SMILES string of the molecule is Cc1ccc(OC(C)C(=O)N2CCC(NCC3CC3)CC2)c(Br)c1. The Morgan fingerprint density at radius 1 is 1.33 bits per heavy atom. The number of amides is 1. The predicted molar refractivity (Wildman–Crippen MR) is 99.3 cm³/mol. The summed E-state index contributed by atoms with van der Waals surface area (Å²) < 4.78 is 6.77. The van der Waals surface area contributed by atoms with E-state index in [2.05, 4.69) is 21.2 Å². The van der Waals surface area contributed by atoms with Crippen LogP contribution < -0.4 is 10.1 Å². The van der Waals surface area contributed by atoms with Gasteiger partial charge in [0.2, 0.25) is 0 Å². The van der Waals surface area contributed by atoms with E-state index >= 15 is 0 Å². The molecular weight excluding hydrogens is 368 g/mol. The molecule has 0 spiro atoms. The minimum Gasteiger partial charge on any atom is -0.480 e. The van der Waals surface area contributed by atoms with Crippen molar-refractivity contribution in [3.05, 3.63) is 28.2 Å². The number of carbonyl (C=O) groups is 1. The fraction of sp³-hybridized carbons (Fsp3) is 0.632. The molecule has 1 saturated carbocycles. The Hall–Kier alpha value is -1.07. The van der Waals surface area contributed by atoms with Crippen LogP contribution in [0, 0.1) is 12.8 Å². The van der Waals surface area contributed by atoms with Gasteiger partial charge in [0.1, 0.15) is 5.75 Å². The first-order valence-electron chi connectivity index (χ1n) is 8.98. The summed E-state index contributed by atoms with van der Waals surface area (Å²) in [5, 5.41) is 3.65. The monoisotopic (exact) mass is 394 g/mol. The van der Waals surface area contributed by atoms with Crippen LogP contribution in [0.3, 0.4) is 0 Å². The Labute approximate surface area is 153 Å². The van der Waals surface area contributed by atoms with Crippen LogP contribution in [0.2, 0.25) is 0 Å². The lowest BCUT2D eigenvalue weighted by Crippen LogP contribution is -2.48. The molecule has 1 heterocycles. The van der Waals surface area contributed by atoms with Crippen LogP contribution in [-0.2, 0) is 4.79 Å². The number of carbonyl (C=O) groups excluding carboxylic acids is 1. The highest BCUT2D eigenvalue weighted by atomic mass is 79.9. The van der Waals surface area contributed by atoms with Crippen molar-refractivity contribution in [2.75, 3.05) is 19.6 Å². The lowest BCUT2D eigenvalue weighted by molar-refractivity contribution is -0.139. The first-order valence-corrected chi connectivity index (χ1v) is 9.77. The molecule has 1 amide bonds. The van der Waals surface area contributed by atoms with Crippen LogP contribution in [0.1, 0.15) is 38.2 Å². The van der Waals surface area contributed by atoms with Crippen molar-refractivity contribution < 1.29 is 9.53 Å². The summed E-state index contributed by atoms with van der Waals surface area (Å²) in [7, 11) is 0. The zero-order valence-corrected chi connectivity index (χ0v) is 16.1. The number of nitrogens with one attached hydrogen (secondary N) is 1. The summed E-state index contributed by atoms with van der Waals surface area (Å²) in [6.07, 6.45) is 4.39. The fourth-order valence-electron chi connectivity index (χ4n) is 3.16. The van der Waals surface area contributed by atoms with Gasteiger partial charge in [0.25, 0.3) is 5.91 Å². The summed E-state index contributed by atoms with van der Waals surface area (Å²) in [6, 6.07) is 6.48. The zero-order chi connectivity index (χ0) is 17.1. The topological polar surface area (TPSA) is 41.6 Å². The molecule has 3 rings (SSSR count). The second-order valence-electron chi connectivity index (χ2n) is 7.15. The average molecular weight is 395 g/mol. The fourth-order valence-corrected chi connectivity index (χ4v) is 3.75. The van der Waals surface area contributed by atoms with Gasteiger partial charge < -0.3 is 15.0 Å². The van der Waals surface area contributed by atoms with Gasteiger partial charge >= 0.3 is 0 Å². The molecule has 4 nitrogen and oxygen atoms in total. The van der Waals surface area contributed by atoms with Crippen molar-refractivity contribution in [1.82, 2.24) is 10.2 Å². The van der Waals surface area contributed by atoms with Crippen LogP contribution in [0.25, 0.3) is 0 Å². The van der Waals surface area contributed by atoms with Crippen molar-refractivity contribution in [1.29, 1.82) is 0 Å². The van der Waals surface area contributed by atoms with Gasteiger partial charge in [-0.05, 0) is 85.6 Å². The van der Waals surface area contributed by atoms with Crippen LogP contribution in [-0.4, -0.2) is 42.6 Å². The lowest BCUT2D eigenvalue weighted by atomic mass is 10.0. The highest BCUT2D eigenvalue weighted by Crippen LogP contribution is 2.28. The maximum atomic E-state index is 12.6. The number of nitrogens with zero attached hydrogens (tertiary/aromatic N) is 1. The van der Waals surface area contributed by atoms with Crippen LogP contribution in [0.4, 0.5) is 0 Å². The molecule has 5 heteroatoms. The Morgan fingerprint density at radius 2 is 2.04 bits per heavy atom. The number of halogens is 1. The number of ether oxygens (including phenoxy) is 1. The second-order valence-corrected chi connectivity index (χ2v) is 8.00. The molecule has 2 aliphatic rings. The van der Waals surface area contributed by atoms with Gasteiger partial charge in [-0.2, -0.15) is 0 Å². The standard InChI is InChI=1S/C19H27BrN2O2/c1-13-3-6-18(17(20)11-13)24-14(2)19(23)22-9-7-16(8-10-22)21-12-15-4-5-15/h3,6,11,14-16,21H,4-5,7-10,12H2,1-2H3. The molecule has 1 atom stereocenters. The summed E-state index contributed by atoms with van der Waals surface area (Å²) in [5.41, 5.74) is 1.16. The van der Waals surface area contributed by atoms with Crippen LogP contribution >= 0.6 is 15.9 Å². The summed E-state index contributed by atoms with van der Waals surface area (Å²) >= 11 is 3.50. The molecule has 1 N–H and O–H groups in total. The smallest absolute Gasteiger partial charge is 0.263 e. The van der Waals surface area contributed by atoms with Gasteiger partial charge in [0.05, 0.1) is 4.47 Å². The van der Waals surface area contributed by atoms with Crippen LogP contribution in [0.5, 0.6) is 5.75 Å². The van der Waals surface area contributed by atoms with E-state index < -0.39 is 6.10 Å². The van der Waals surface area contributed by atoms with E-state index in [4.69, 9.17) is 4.74 Å². The zero-order valence-electron chi connectivity index (χ0n) is 14.6. The molecule has 1 saturated heterocycles. The predicted octanol–water partition coefficient (Wildman–Crippen LogP) is 3.52. The van der Waals surface area contributed by atoms with E-state index in [0.29, 0.717) is 6.04 Å². The van der Waals surface area contributed by atoms with E-state index in [1.165, 1.54) is 12.8 Å². The van der Waals surface area contributed by atoms with Crippen LogP contribution in [0.15, 0.2) is 22.7 Å². The minimum atomic E-state index is -0.458. The molecule has 24 heavy (non-hydrogen) atoms. The molecular formula is C19H27BrN2O2. The molecule has 1 aromatic rings. The quantitative estimate of drug-likeness (QED) is 0.802. The molecule has 1 aromatic carbocycles. The number of benzene rings is 1. The number of aryl methyl sites for hydroxylation is 1. The number of hydrogen-bond donors (Lipinski definition) is 1. The van der Waals surface area contributed by atoms with E-state index in [9.17, 15) is 4.79 Å². The normalized spacial score (nSPS) is 20.0. The maximum absolute atomic E-state index is 12.6. The van der Waals surface area contributed by atoms with Crippen molar-refractivity contribution in [2.45, 2.75) is 51.7 Å². The van der Waals surface area contributed by atoms with Gasteiger partial charge in [-0.25, -0.2) is 0 Å². The summed E-state index contributed by atoms with van der Waals surface area (Å²) in [4.78, 5) is 14.6. The molecule has 1 aliphatic heterocycles. The lowest BCUT2D eigenvalue weighted by Gasteiger charge is -2.34. The van der Waals surface area contributed by atoms with Crippen molar-refractivity contribution in [2.24, 2.45) is 5.92 Å². The number of hydrogen-bond acceptors (Lipinski definition) is 3. The summed E-state index contributed by atoms with van der Waals surface area (Å²) in [6.45, 7) is 6.67. The Bertz CT molecular complexity index is 581. The van der Waals surface area contributed by atoms with E-state index in [0.717, 1.165) is 54.2 Å². The Balaban J connectivity index is 1.47. The minimum absolute atomic E-state index is 0.0862. The van der Waals surface area contributed by atoms with Gasteiger partial charge in [-0.3, -0.25) is 4.79 Å². The highest BCUT2D eigenvalue weighted by Gasteiger charge is 2.28. The van der Waals surface area contributed by atoms with Crippen molar-refractivity contribution in [3.63, 3.8) is 0 Å². The number of likely N-dealkylation sites (tertiary alicyclic amines) is 1. The molecule has 2 fully saturated rings. The maximum Gasteiger partial charge on any atom is 0.263 e. The molecule has 132 valence electrons. The first-order chi connectivity index (χ1) is 11.5. The Kier molecular flexibility index (Phi) is 5.82. The average Bonchev–Trinajstić information content (AvgIpc) is 3.39.